The van der Waals surface area contributed by atoms with Gasteiger partial charge >= 0.3 is 0 Å². The first-order valence-electron chi connectivity index (χ1n) is 2.67. The van der Waals surface area contributed by atoms with Crippen LogP contribution >= 0.6 is 11.6 Å². The van der Waals surface area contributed by atoms with Crippen molar-refractivity contribution in [2.45, 2.75) is 0 Å². The largest absolute Gasteiger partial charge is 0.383 e. The number of alkyl halides is 1. The molecule has 3 heteroatoms. The number of hydrogen-bond acceptors (Lipinski definition) is 2. The molecule has 0 atom stereocenters. The molecule has 0 aliphatic heterocycles. The Bertz CT molecular complexity index is 37.4. The maximum absolute atomic E-state index is 5.38. The fraction of sp³-hybridized carbons (Fsp3) is 1.00. The highest BCUT2D eigenvalue weighted by atomic mass is 35.5. The van der Waals surface area contributed by atoms with Gasteiger partial charge in [0.1, 0.15) is 0 Å². The first-order chi connectivity index (χ1) is 3.91. The van der Waals surface area contributed by atoms with Gasteiger partial charge in [-0.05, 0) is 0 Å². The Kier molecular flexibility index (Phi) is 7.40. The summed E-state index contributed by atoms with van der Waals surface area (Å²) in [5.74, 6) is 0.670. The van der Waals surface area contributed by atoms with Gasteiger partial charge in [-0.2, -0.15) is 0 Å². The molecule has 0 bridgehead atoms. The van der Waals surface area contributed by atoms with Crippen LogP contribution in [-0.4, -0.2) is 32.7 Å². The van der Waals surface area contributed by atoms with Gasteiger partial charge in [-0.25, -0.2) is 0 Å². The quantitative estimate of drug-likeness (QED) is 0.439. The number of ether oxygens (including phenoxy) is 1. The number of nitrogens with one attached hydrogen (secondary N) is 1. The predicted octanol–water partition coefficient (Wildman–Crippen LogP) is 0.461. The molecule has 0 rings (SSSR count). The van der Waals surface area contributed by atoms with Gasteiger partial charge in [0.2, 0.25) is 0 Å². The van der Waals surface area contributed by atoms with Crippen molar-refractivity contribution in [1.82, 2.24) is 5.32 Å². The Hall–Kier alpha value is 0.210. The molecule has 0 aliphatic rings. The molecule has 0 spiro atoms. The van der Waals surface area contributed by atoms with Crippen molar-refractivity contribution < 1.29 is 4.74 Å². The Balaban J connectivity index is 2.53. The molecular weight excluding hydrogens is 126 g/mol. The smallest absolute Gasteiger partial charge is 0.0587 e. The lowest BCUT2D eigenvalue weighted by molar-refractivity contribution is 0.200. The maximum atomic E-state index is 5.38. The van der Waals surface area contributed by atoms with E-state index in [9.17, 15) is 0 Å². The third-order valence-electron chi connectivity index (χ3n) is 0.754. The lowest BCUT2D eigenvalue weighted by atomic mass is 10.6. The molecule has 0 unspecified atom stereocenters. The standard InChI is InChI=1S/C5H12ClNO/c1-8-5-4-7-3-2-6/h7H,2-5H2,1H3. The van der Waals surface area contributed by atoms with E-state index in [0.717, 1.165) is 19.7 Å². The van der Waals surface area contributed by atoms with Gasteiger partial charge in [0.15, 0.2) is 0 Å². The summed E-state index contributed by atoms with van der Waals surface area (Å²) in [5.41, 5.74) is 0. The zero-order valence-corrected chi connectivity index (χ0v) is 5.87. The van der Waals surface area contributed by atoms with Crippen molar-refractivity contribution in [3.05, 3.63) is 0 Å². The van der Waals surface area contributed by atoms with E-state index in [1.54, 1.807) is 7.11 Å². The molecule has 2 nitrogen and oxygen atoms in total. The van der Waals surface area contributed by atoms with Crippen LogP contribution in [0.5, 0.6) is 0 Å². The minimum atomic E-state index is 0.670. The van der Waals surface area contributed by atoms with Crippen LogP contribution in [0.3, 0.4) is 0 Å². The van der Waals surface area contributed by atoms with E-state index >= 15 is 0 Å². The molecule has 0 saturated carbocycles. The highest BCUT2D eigenvalue weighted by Crippen LogP contribution is 1.69. The Morgan fingerprint density at radius 2 is 2.25 bits per heavy atom. The average Bonchev–Trinajstić information content (AvgIpc) is 1.81. The van der Waals surface area contributed by atoms with E-state index < -0.39 is 0 Å². The predicted molar refractivity (Wildman–Crippen MR) is 35.5 cm³/mol. The van der Waals surface area contributed by atoms with Gasteiger partial charge in [0.05, 0.1) is 6.61 Å². The monoisotopic (exact) mass is 137 g/mol. The van der Waals surface area contributed by atoms with Gasteiger partial charge in [-0.1, -0.05) is 0 Å². The van der Waals surface area contributed by atoms with Gasteiger partial charge < -0.3 is 10.1 Å². The fourth-order valence-electron chi connectivity index (χ4n) is 0.366. The number of hydrogen-bond donors (Lipinski definition) is 1. The summed E-state index contributed by atoms with van der Waals surface area (Å²) in [7, 11) is 1.68. The zero-order chi connectivity index (χ0) is 6.24. The number of methoxy groups -OCH3 is 1. The lowest BCUT2D eigenvalue weighted by Crippen LogP contribution is -2.20. The Morgan fingerprint density at radius 3 is 2.75 bits per heavy atom. The van der Waals surface area contributed by atoms with E-state index in [2.05, 4.69) is 5.32 Å². The third kappa shape index (κ3) is 6.21. The summed E-state index contributed by atoms with van der Waals surface area (Å²) in [6.45, 7) is 2.52. The lowest BCUT2D eigenvalue weighted by Gasteiger charge is -1.98. The van der Waals surface area contributed by atoms with E-state index in [4.69, 9.17) is 16.3 Å². The van der Waals surface area contributed by atoms with Crippen LogP contribution < -0.4 is 5.32 Å². The first-order valence-corrected chi connectivity index (χ1v) is 3.21. The second-order valence-corrected chi connectivity index (χ2v) is 1.81. The number of rotatable bonds is 5. The van der Waals surface area contributed by atoms with E-state index in [1.807, 2.05) is 0 Å². The summed E-state index contributed by atoms with van der Waals surface area (Å²) in [6.07, 6.45) is 0. The molecule has 0 aromatic heterocycles. The topological polar surface area (TPSA) is 21.3 Å². The van der Waals surface area contributed by atoms with Crippen molar-refractivity contribution >= 4 is 11.6 Å². The molecule has 0 radical (unpaired) electrons. The van der Waals surface area contributed by atoms with Crippen LogP contribution in [0, 0.1) is 0 Å². The Labute approximate surface area is 55.2 Å². The van der Waals surface area contributed by atoms with Crippen LogP contribution in [-0.2, 0) is 4.74 Å². The molecule has 50 valence electrons. The minimum Gasteiger partial charge on any atom is -0.383 e. The van der Waals surface area contributed by atoms with Gasteiger partial charge in [-0.3, -0.25) is 0 Å². The highest BCUT2D eigenvalue weighted by molar-refractivity contribution is 6.18. The second-order valence-electron chi connectivity index (χ2n) is 1.43. The second kappa shape index (κ2) is 7.21. The van der Waals surface area contributed by atoms with Gasteiger partial charge in [0, 0.05) is 26.1 Å². The van der Waals surface area contributed by atoms with Crippen molar-refractivity contribution in [3.63, 3.8) is 0 Å². The molecule has 0 aromatic rings. The van der Waals surface area contributed by atoms with Crippen LogP contribution in [0.2, 0.25) is 0 Å². The molecule has 0 saturated heterocycles. The van der Waals surface area contributed by atoms with Gasteiger partial charge in [-0.15, -0.1) is 11.6 Å². The molecule has 8 heavy (non-hydrogen) atoms. The molecular formula is C5H12ClNO. The first kappa shape index (κ1) is 8.21. The molecule has 0 aliphatic carbocycles. The summed E-state index contributed by atoms with van der Waals surface area (Å²) in [6, 6.07) is 0. The molecule has 0 aromatic carbocycles. The van der Waals surface area contributed by atoms with Crippen LogP contribution in [0.15, 0.2) is 0 Å². The SMILES string of the molecule is COCCNCCCl. The van der Waals surface area contributed by atoms with Crippen molar-refractivity contribution in [3.8, 4) is 0 Å². The van der Waals surface area contributed by atoms with Gasteiger partial charge in [0.25, 0.3) is 0 Å². The average molecular weight is 138 g/mol. The van der Waals surface area contributed by atoms with Crippen molar-refractivity contribution in [1.29, 1.82) is 0 Å². The van der Waals surface area contributed by atoms with Crippen LogP contribution in [0.25, 0.3) is 0 Å². The normalized spacial score (nSPS) is 9.75. The zero-order valence-electron chi connectivity index (χ0n) is 5.11. The molecule has 0 fully saturated rings. The minimum absolute atomic E-state index is 0.670. The van der Waals surface area contributed by atoms with E-state index in [0.29, 0.717) is 5.88 Å². The van der Waals surface area contributed by atoms with Crippen molar-refractivity contribution in [2.24, 2.45) is 0 Å². The van der Waals surface area contributed by atoms with Crippen LogP contribution in [0.1, 0.15) is 0 Å². The Morgan fingerprint density at radius 1 is 1.50 bits per heavy atom. The third-order valence-corrected chi connectivity index (χ3v) is 0.943. The highest BCUT2D eigenvalue weighted by Gasteiger charge is 1.81. The van der Waals surface area contributed by atoms with E-state index in [-0.39, 0.29) is 0 Å². The molecule has 0 amide bonds. The van der Waals surface area contributed by atoms with E-state index in [1.165, 1.54) is 0 Å². The van der Waals surface area contributed by atoms with Crippen LogP contribution in [0.4, 0.5) is 0 Å². The summed E-state index contributed by atoms with van der Waals surface area (Å²) < 4.78 is 4.78. The molecule has 0 heterocycles. The van der Waals surface area contributed by atoms with Crippen molar-refractivity contribution in [2.75, 3.05) is 32.7 Å². The number of halogens is 1. The summed E-state index contributed by atoms with van der Waals surface area (Å²) in [4.78, 5) is 0. The maximum Gasteiger partial charge on any atom is 0.0587 e. The summed E-state index contributed by atoms with van der Waals surface area (Å²) >= 11 is 5.38. The fourth-order valence-corrected chi connectivity index (χ4v) is 0.500. The summed E-state index contributed by atoms with van der Waals surface area (Å²) in [5, 5.41) is 3.08. The molecule has 1 N–H and O–H groups in total.